The van der Waals surface area contributed by atoms with Crippen molar-refractivity contribution in [3.05, 3.63) is 0 Å². The lowest BCUT2D eigenvalue weighted by Gasteiger charge is -2.35. The van der Waals surface area contributed by atoms with E-state index in [2.05, 4.69) is 4.90 Å². The summed E-state index contributed by atoms with van der Waals surface area (Å²) < 4.78 is 0. The van der Waals surface area contributed by atoms with Crippen molar-refractivity contribution in [3.8, 4) is 0 Å². The van der Waals surface area contributed by atoms with Gasteiger partial charge in [-0.3, -0.25) is 14.5 Å². The van der Waals surface area contributed by atoms with Crippen molar-refractivity contribution < 1.29 is 9.59 Å². The maximum absolute atomic E-state index is 12.5. The fourth-order valence-corrected chi connectivity index (χ4v) is 4.47. The van der Waals surface area contributed by atoms with Crippen LogP contribution >= 0.6 is 0 Å². The third-order valence-electron chi connectivity index (χ3n) is 5.90. The van der Waals surface area contributed by atoms with Crippen LogP contribution in [0.15, 0.2) is 0 Å². The van der Waals surface area contributed by atoms with Gasteiger partial charge in [0.25, 0.3) is 0 Å². The molecule has 0 unspecified atom stereocenters. The van der Waals surface area contributed by atoms with E-state index in [-0.39, 0.29) is 5.91 Å². The lowest BCUT2D eigenvalue weighted by molar-refractivity contribution is -0.135. The smallest absolute Gasteiger partial charge is 0.236 e. The van der Waals surface area contributed by atoms with Crippen LogP contribution in [-0.4, -0.2) is 73.3 Å². The normalized spacial score (nSPS) is 31.5. The first-order chi connectivity index (χ1) is 10.5. The van der Waals surface area contributed by atoms with E-state index in [4.69, 9.17) is 0 Å². The summed E-state index contributed by atoms with van der Waals surface area (Å²) in [6, 6.07) is 0. The predicted octanol–water partition coefficient (Wildman–Crippen LogP) is 1.05. The fourth-order valence-electron chi connectivity index (χ4n) is 4.47. The summed E-state index contributed by atoms with van der Waals surface area (Å²) in [4.78, 5) is 30.0. The molecule has 3 fully saturated rings. The lowest BCUT2D eigenvalue weighted by Crippen LogP contribution is -2.51. The molecule has 0 aromatic heterocycles. The van der Waals surface area contributed by atoms with Gasteiger partial charge in [-0.1, -0.05) is 6.42 Å². The molecule has 0 N–H and O–H groups in total. The number of carbonyl (C=O) groups is 2. The maximum atomic E-state index is 12.5. The molecule has 124 valence electrons. The van der Waals surface area contributed by atoms with Crippen LogP contribution in [0, 0.1) is 17.8 Å². The van der Waals surface area contributed by atoms with Crippen LogP contribution in [0.3, 0.4) is 0 Å². The first-order valence-corrected chi connectivity index (χ1v) is 8.73. The predicted molar refractivity (Wildman–Crippen MR) is 85.3 cm³/mol. The van der Waals surface area contributed by atoms with Gasteiger partial charge in [-0.15, -0.1) is 0 Å². The first-order valence-electron chi connectivity index (χ1n) is 8.73. The van der Waals surface area contributed by atoms with Crippen LogP contribution < -0.4 is 0 Å². The van der Waals surface area contributed by atoms with Gasteiger partial charge in [-0.25, -0.2) is 0 Å². The van der Waals surface area contributed by atoms with E-state index in [1.807, 2.05) is 4.90 Å². The molecular weight excluding hydrogens is 278 g/mol. The van der Waals surface area contributed by atoms with Gasteiger partial charge in [0.15, 0.2) is 0 Å². The summed E-state index contributed by atoms with van der Waals surface area (Å²) >= 11 is 0. The van der Waals surface area contributed by atoms with Gasteiger partial charge >= 0.3 is 0 Å². The second-order valence-corrected chi connectivity index (χ2v) is 7.58. The summed E-state index contributed by atoms with van der Waals surface area (Å²) in [7, 11) is 3.58. The van der Waals surface area contributed by atoms with E-state index in [0.29, 0.717) is 18.4 Å². The molecule has 3 atom stereocenters. The van der Waals surface area contributed by atoms with Gasteiger partial charge in [-0.2, -0.15) is 0 Å². The number of fused-ring (bicyclic) bond motifs is 2. The zero-order chi connectivity index (χ0) is 15.7. The zero-order valence-corrected chi connectivity index (χ0v) is 14.0. The Labute approximate surface area is 133 Å². The molecule has 1 saturated heterocycles. The van der Waals surface area contributed by atoms with E-state index in [1.54, 1.807) is 19.0 Å². The van der Waals surface area contributed by atoms with Gasteiger partial charge in [0.1, 0.15) is 0 Å². The van der Waals surface area contributed by atoms with Crippen molar-refractivity contribution in [2.75, 3.05) is 46.8 Å². The van der Waals surface area contributed by atoms with E-state index in [0.717, 1.165) is 44.4 Å². The molecule has 1 heterocycles. The number of rotatable bonds is 4. The summed E-state index contributed by atoms with van der Waals surface area (Å²) in [6.07, 6.45) is 6.17. The fraction of sp³-hybridized carbons (Fsp3) is 0.882. The van der Waals surface area contributed by atoms with Crippen molar-refractivity contribution in [3.63, 3.8) is 0 Å². The van der Waals surface area contributed by atoms with Crippen molar-refractivity contribution in [2.45, 2.75) is 32.1 Å². The van der Waals surface area contributed by atoms with Gasteiger partial charge in [0.05, 0.1) is 6.54 Å². The molecule has 5 nitrogen and oxygen atoms in total. The van der Waals surface area contributed by atoms with Gasteiger partial charge in [-0.05, 0) is 37.0 Å². The van der Waals surface area contributed by atoms with Gasteiger partial charge in [0.2, 0.25) is 11.8 Å². The Bertz CT molecular complexity index is 430. The molecule has 2 bridgehead atoms. The average molecular weight is 307 g/mol. The first kappa shape index (κ1) is 15.8. The van der Waals surface area contributed by atoms with Crippen LogP contribution in [0.25, 0.3) is 0 Å². The highest BCUT2D eigenvalue weighted by Crippen LogP contribution is 2.49. The number of nitrogens with zero attached hydrogens (tertiary/aromatic N) is 3. The maximum Gasteiger partial charge on any atom is 0.236 e. The highest BCUT2D eigenvalue weighted by molar-refractivity contribution is 5.78. The SMILES string of the molecule is CN(C)C(=O)CN1CCN(C(=O)C[C@@H]2C[C@H]3CC[C@H]2C3)CC1. The molecule has 0 radical (unpaired) electrons. The van der Waals surface area contributed by atoms with Crippen molar-refractivity contribution in [1.82, 2.24) is 14.7 Å². The largest absolute Gasteiger partial charge is 0.348 e. The molecule has 2 aliphatic carbocycles. The Morgan fingerprint density at radius 3 is 2.32 bits per heavy atom. The minimum absolute atomic E-state index is 0.141. The number of hydrogen-bond donors (Lipinski definition) is 0. The zero-order valence-electron chi connectivity index (χ0n) is 14.0. The lowest BCUT2D eigenvalue weighted by atomic mass is 9.86. The Balaban J connectivity index is 1.41. The molecule has 0 spiro atoms. The van der Waals surface area contributed by atoms with Crippen LogP contribution in [0.4, 0.5) is 0 Å². The summed E-state index contributed by atoms with van der Waals surface area (Å²) in [5, 5.41) is 0. The third kappa shape index (κ3) is 3.45. The number of hydrogen-bond acceptors (Lipinski definition) is 3. The number of likely N-dealkylation sites (N-methyl/N-ethyl adjacent to an activating group) is 1. The van der Waals surface area contributed by atoms with E-state index in [1.165, 1.54) is 25.7 Å². The quantitative estimate of drug-likeness (QED) is 0.780. The number of carbonyl (C=O) groups excluding carboxylic acids is 2. The molecule has 2 amide bonds. The van der Waals surface area contributed by atoms with Crippen LogP contribution in [0.2, 0.25) is 0 Å². The van der Waals surface area contributed by atoms with E-state index in [9.17, 15) is 9.59 Å². The molecule has 0 aromatic rings. The van der Waals surface area contributed by atoms with Crippen LogP contribution in [0.5, 0.6) is 0 Å². The second-order valence-electron chi connectivity index (χ2n) is 7.58. The summed E-state index contributed by atoms with van der Waals surface area (Å²) in [5.41, 5.74) is 0. The molecule has 0 aromatic carbocycles. The number of piperazine rings is 1. The molecule has 2 saturated carbocycles. The molecule has 1 aliphatic heterocycles. The summed E-state index contributed by atoms with van der Waals surface area (Å²) in [5.74, 6) is 2.88. The summed E-state index contributed by atoms with van der Waals surface area (Å²) in [6.45, 7) is 3.67. The molecule has 5 heteroatoms. The van der Waals surface area contributed by atoms with Crippen molar-refractivity contribution in [1.29, 1.82) is 0 Å². The van der Waals surface area contributed by atoms with Crippen molar-refractivity contribution in [2.24, 2.45) is 17.8 Å². The minimum Gasteiger partial charge on any atom is -0.348 e. The van der Waals surface area contributed by atoms with Crippen LogP contribution in [0.1, 0.15) is 32.1 Å². The highest BCUT2D eigenvalue weighted by atomic mass is 16.2. The van der Waals surface area contributed by atoms with Gasteiger partial charge in [0, 0.05) is 46.7 Å². The molecular formula is C17H29N3O2. The van der Waals surface area contributed by atoms with Gasteiger partial charge < -0.3 is 9.80 Å². The second kappa shape index (κ2) is 6.57. The van der Waals surface area contributed by atoms with Crippen LogP contribution in [-0.2, 0) is 9.59 Å². The monoisotopic (exact) mass is 307 g/mol. The molecule has 3 aliphatic rings. The molecule has 3 rings (SSSR count). The average Bonchev–Trinajstić information content (AvgIpc) is 3.10. The van der Waals surface area contributed by atoms with E-state index < -0.39 is 0 Å². The Kier molecular flexibility index (Phi) is 4.71. The minimum atomic E-state index is 0.141. The Morgan fingerprint density at radius 1 is 1.05 bits per heavy atom. The van der Waals surface area contributed by atoms with E-state index >= 15 is 0 Å². The Morgan fingerprint density at radius 2 is 1.77 bits per heavy atom. The topological polar surface area (TPSA) is 43.9 Å². The standard InChI is InChI=1S/C17H29N3O2/c1-18(2)17(22)12-19-5-7-20(8-6-19)16(21)11-15-10-13-3-4-14(15)9-13/h13-15H,3-12H2,1-2H3/t13-,14-,15-/m0/s1. The Hall–Kier alpha value is -1.10. The number of amides is 2. The molecule has 22 heavy (non-hydrogen) atoms. The van der Waals surface area contributed by atoms with Crippen molar-refractivity contribution >= 4 is 11.8 Å². The highest BCUT2D eigenvalue weighted by Gasteiger charge is 2.40. The third-order valence-corrected chi connectivity index (χ3v) is 5.90.